The van der Waals surface area contributed by atoms with Gasteiger partial charge >= 0.3 is 11.9 Å². The SMILES string of the molecule is Cn1c(-c2cccc([N+](=O)[O-])c2)cnc1NCc1cccc(Oc2ccccc2)c1.O=C(O)C(=O)O. The Kier molecular flexibility index (Phi) is 8.33. The van der Waals surface area contributed by atoms with E-state index in [4.69, 9.17) is 24.5 Å². The molecule has 4 aromatic rings. The largest absolute Gasteiger partial charge is 0.473 e. The van der Waals surface area contributed by atoms with E-state index in [2.05, 4.69) is 10.3 Å². The minimum atomic E-state index is -1.82. The number of nitro benzene ring substituents is 1. The van der Waals surface area contributed by atoms with Gasteiger partial charge in [0, 0.05) is 31.3 Å². The topological polar surface area (TPSA) is 157 Å². The van der Waals surface area contributed by atoms with E-state index in [9.17, 15) is 10.1 Å². The average Bonchev–Trinajstić information content (AvgIpc) is 3.24. The highest BCUT2D eigenvalue weighted by molar-refractivity contribution is 6.27. The lowest BCUT2D eigenvalue weighted by Gasteiger charge is -2.10. The molecule has 36 heavy (non-hydrogen) atoms. The number of rotatable bonds is 7. The Hall–Kier alpha value is -5.19. The van der Waals surface area contributed by atoms with Gasteiger partial charge < -0.3 is 24.8 Å². The van der Waals surface area contributed by atoms with Crippen LogP contribution in [0.3, 0.4) is 0 Å². The number of para-hydroxylation sites is 1. The summed E-state index contributed by atoms with van der Waals surface area (Å²) in [5, 5.41) is 29.1. The van der Waals surface area contributed by atoms with Gasteiger partial charge in [0.1, 0.15) is 11.5 Å². The lowest BCUT2D eigenvalue weighted by molar-refractivity contribution is -0.384. The second-order valence-corrected chi connectivity index (χ2v) is 7.36. The number of non-ortho nitro benzene ring substituents is 1. The molecular weight excluding hydrogens is 468 g/mol. The number of aromatic nitrogens is 2. The van der Waals surface area contributed by atoms with Crippen molar-refractivity contribution in [2.24, 2.45) is 7.05 Å². The molecule has 1 heterocycles. The van der Waals surface area contributed by atoms with Crippen molar-refractivity contribution in [1.29, 1.82) is 0 Å². The normalized spacial score (nSPS) is 10.0. The predicted molar refractivity (Wildman–Crippen MR) is 131 cm³/mol. The summed E-state index contributed by atoms with van der Waals surface area (Å²) < 4.78 is 7.76. The highest BCUT2D eigenvalue weighted by Gasteiger charge is 2.12. The molecule has 0 saturated heterocycles. The third-order valence-electron chi connectivity index (χ3n) is 4.85. The third kappa shape index (κ3) is 6.90. The van der Waals surface area contributed by atoms with Crippen LogP contribution in [-0.4, -0.2) is 36.6 Å². The van der Waals surface area contributed by atoms with E-state index in [0.29, 0.717) is 12.5 Å². The highest BCUT2D eigenvalue weighted by atomic mass is 16.6. The molecule has 0 amide bonds. The molecule has 0 aliphatic carbocycles. The summed E-state index contributed by atoms with van der Waals surface area (Å²) in [6, 6.07) is 24.0. The van der Waals surface area contributed by atoms with Crippen LogP contribution in [-0.2, 0) is 23.2 Å². The van der Waals surface area contributed by atoms with E-state index in [0.717, 1.165) is 28.3 Å². The number of nitro groups is 1. The quantitative estimate of drug-likeness (QED) is 0.192. The van der Waals surface area contributed by atoms with Crippen LogP contribution >= 0.6 is 0 Å². The Morgan fingerprint density at radius 1 is 0.972 bits per heavy atom. The van der Waals surface area contributed by atoms with Crippen molar-refractivity contribution < 1.29 is 29.5 Å². The van der Waals surface area contributed by atoms with E-state index >= 15 is 0 Å². The van der Waals surface area contributed by atoms with Gasteiger partial charge in [-0.05, 0) is 29.8 Å². The first kappa shape index (κ1) is 25.4. The van der Waals surface area contributed by atoms with Crippen molar-refractivity contribution in [3.05, 3.63) is 101 Å². The second-order valence-electron chi connectivity index (χ2n) is 7.36. The van der Waals surface area contributed by atoms with E-state index in [-0.39, 0.29) is 5.69 Å². The Morgan fingerprint density at radius 3 is 2.31 bits per heavy atom. The zero-order valence-electron chi connectivity index (χ0n) is 19.1. The van der Waals surface area contributed by atoms with Crippen LogP contribution in [0.15, 0.2) is 85.1 Å². The number of carboxylic acids is 2. The number of benzene rings is 3. The smallest absolute Gasteiger partial charge is 0.414 e. The zero-order valence-corrected chi connectivity index (χ0v) is 19.1. The number of aliphatic carboxylic acids is 2. The first-order chi connectivity index (χ1) is 17.2. The maximum Gasteiger partial charge on any atom is 0.414 e. The Morgan fingerprint density at radius 2 is 1.64 bits per heavy atom. The summed E-state index contributed by atoms with van der Waals surface area (Å²) >= 11 is 0. The minimum absolute atomic E-state index is 0.0541. The molecule has 3 aromatic carbocycles. The molecule has 0 saturated carbocycles. The molecule has 11 heteroatoms. The summed E-state index contributed by atoms with van der Waals surface area (Å²) in [6.45, 7) is 0.561. The van der Waals surface area contributed by atoms with Gasteiger partial charge in [-0.2, -0.15) is 0 Å². The monoisotopic (exact) mass is 490 g/mol. The molecule has 3 N–H and O–H groups in total. The first-order valence-corrected chi connectivity index (χ1v) is 10.5. The van der Waals surface area contributed by atoms with E-state index in [1.807, 2.05) is 72.3 Å². The molecule has 0 radical (unpaired) electrons. The molecule has 0 aliphatic rings. The summed E-state index contributed by atoms with van der Waals surface area (Å²) in [7, 11) is 1.87. The minimum Gasteiger partial charge on any atom is -0.473 e. The number of anilines is 1. The number of ether oxygens (including phenoxy) is 1. The molecule has 11 nitrogen and oxygen atoms in total. The molecule has 184 valence electrons. The number of hydrogen-bond acceptors (Lipinski definition) is 7. The number of imidazole rings is 1. The van der Waals surface area contributed by atoms with E-state index in [1.165, 1.54) is 6.07 Å². The van der Waals surface area contributed by atoms with Gasteiger partial charge in [0.2, 0.25) is 5.95 Å². The van der Waals surface area contributed by atoms with Gasteiger partial charge in [-0.1, -0.05) is 42.5 Å². The molecular formula is C25H22N4O7. The van der Waals surface area contributed by atoms with Crippen LogP contribution in [0, 0.1) is 10.1 Å². The zero-order chi connectivity index (χ0) is 26.1. The molecule has 0 fully saturated rings. The van der Waals surface area contributed by atoms with Gasteiger partial charge in [-0.25, -0.2) is 14.6 Å². The third-order valence-corrected chi connectivity index (χ3v) is 4.85. The van der Waals surface area contributed by atoms with Crippen LogP contribution in [0.2, 0.25) is 0 Å². The van der Waals surface area contributed by atoms with E-state index in [1.54, 1.807) is 18.3 Å². The van der Waals surface area contributed by atoms with Crippen molar-refractivity contribution in [1.82, 2.24) is 9.55 Å². The molecule has 0 spiro atoms. The van der Waals surface area contributed by atoms with Crippen LogP contribution in [0.25, 0.3) is 11.3 Å². The predicted octanol–water partition coefficient (Wildman–Crippen LogP) is 4.56. The van der Waals surface area contributed by atoms with Crippen LogP contribution in [0.4, 0.5) is 11.6 Å². The Balaban J connectivity index is 0.000000538. The van der Waals surface area contributed by atoms with Crippen molar-refractivity contribution in [2.75, 3.05) is 5.32 Å². The van der Waals surface area contributed by atoms with Gasteiger partial charge in [-0.3, -0.25) is 10.1 Å². The number of hydrogen-bond donors (Lipinski definition) is 3. The fourth-order valence-corrected chi connectivity index (χ4v) is 3.15. The van der Waals surface area contributed by atoms with Crippen molar-refractivity contribution >= 4 is 23.6 Å². The van der Waals surface area contributed by atoms with Crippen LogP contribution in [0.1, 0.15) is 5.56 Å². The molecule has 0 aliphatic heterocycles. The number of nitrogens with one attached hydrogen (secondary N) is 1. The maximum absolute atomic E-state index is 11.0. The van der Waals surface area contributed by atoms with Crippen LogP contribution < -0.4 is 10.1 Å². The Labute approximate surface area is 205 Å². The van der Waals surface area contributed by atoms with E-state index < -0.39 is 16.9 Å². The van der Waals surface area contributed by atoms with Gasteiger partial charge in [0.15, 0.2) is 0 Å². The lowest BCUT2D eigenvalue weighted by Crippen LogP contribution is -2.09. The molecule has 1 aromatic heterocycles. The van der Waals surface area contributed by atoms with Crippen LogP contribution in [0.5, 0.6) is 11.5 Å². The summed E-state index contributed by atoms with van der Waals surface area (Å²) in [5.74, 6) is -1.43. The van der Waals surface area contributed by atoms with Gasteiger partial charge in [-0.15, -0.1) is 0 Å². The first-order valence-electron chi connectivity index (χ1n) is 10.5. The lowest BCUT2D eigenvalue weighted by atomic mass is 10.1. The van der Waals surface area contributed by atoms with Gasteiger partial charge in [0.05, 0.1) is 16.8 Å². The Bertz CT molecular complexity index is 1360. The van der Waals surface area contributed by atoms with Crippen molar-refractivity contribution in [3.8, 4) is 22.8 Å². The summed E-state index contributed by atoms with van der Waals surface area (Å²) in [5.41, 5.74) is 2.63. The van der Waals surface area contributed by atoms with Crippen molar-refractivity contribution in [3.63, 3.8) is 0 Å². The fraction of sp³-hybridized carbons (Fsp3) is 0.0800. The van der Waals surface area contributed by atoms with Crippen molar-refractivity contribution in [2.45, 2.75) is 6.54 Å². The second kappa shape index (κ2) is 11.8. The highest BCUT2D eigenvalue weighted by Crippen LogP contribution is 2.26. The maximum atomic E-state index is 11.0. The summed E-state index contributed by atoms with van der Waals surface area (Å²) in [4.78, 5) is 33.3. The molecule has 4 rings (SSSR count). The summed E-state index contributed by atoms with van der Waals surface area (Å²) in [6.07, 6.45) is 1.70. The number of carboxylic acid groups (broad SMARTS) is 2. The fourth-order valence-electron chi connectivity index (χ4n) is 3.15. The number of nitrogens with zero attached hydrogens (tertiary/aromatic N) is 3. The molecule has 0 bridgehead atoms. The van der Waals surface area contributed by atoms with Gasteiger partial charge in [0.25, 0.3) is 5.69 Å². The molecule has 0 atom stereocenters. The average molecular weight is 490 g/mol. The molecule has 0 unspecified atom stereocenters. The standard InChI is InChI=1S/C23H20N4O3.C2H2O4/c1-26-22(18-8-6-9-19(14-18)27(28)29)16-25-23(26)24-15-17-7-5-12-21(13-17)30-20-10-3-2-4-11-20;3-1(4)2(5)6/h2-14,16H,15H2,1H3,(H,24,25);(H,3,4)(H,5,6). The number of carbonyl (C=O) groups is 2.